The third-order valence-electron chi connectivity index (χ3n) is 2.13. The Bertz CT molecular complexity index is 361. The molecule has 0 bridgehead atoms. The number of nitrogens with zero attached hydrogens (tertiary/aromatic N) is 1. The summed E-state index contributed by atoms with van der Waals surface area (Å²) < 4.78 is 0. The fraction of sp³-hybridized carbons (Fsp3) is 0.500. The maximum absolute atomic E-state index is 11.2. The first-order valence-electron chi connectivity index (χ1n) is 4.22. The van der Waals surface area contributed by atoms with Crippen LogP contribution in [0.1, 0.15) is 13.8 Å². The van der Waals surface area contributed by atoms with Crippen LogP contribution in [-0.2, 0) is 14.4 Å². The fourth-order valence-corrected chi connectivity index (χ4v) is 1.05. The van der Waals surface area contributed by atoms with E-state index in [4.69, 9.17) is 5.73 Å². The van der Waals surface area contributed by atoms with Gasteiger partial charge in [0.1, 0.15) is 0 Å². The molecule has 0 spiro atoms. The van der Waals surface area contributed by atoms with Crippen molar-refractivity contribution >= 4 is 23.8 Å². The average molecular weight is 213 g/mol. The van der Waals surface area contributed by atoms with Gasteiger partial charge in [0.25, 0.3) is 0 Å². The molecule has 0 radical (unpaired) electrons. The first-order valence-corrected chi connectivity index (χ1v) is 4.22. The lowest BCUT2D eigenvalue weighted by molar-refractivity contribution is -0.141. The van der Waals surface area contributed by atoms with Crippen LogP contribution in [0.3, 0.4) is 0 Å². The SMILES string of the molecule is CC(C)(CN1C(=O)NC(=O)C1=O)C(N)=O. The van der Waals surface area contributed by atoms with Gasteiger partial charge in [0.15, 0.2) is 0 Å². The molecule has 1 heterocycles. The van der Waals surface area contributed by atoms with Gasteiger partial charge in [-0.2, -0.15) is 0 Å². The summed E-state index contributed by atoms with van der Waals surface area (Å²) in [6.45, 7) is 2.76. The largest absolute Gasteiger partial charge is 0.369 e. The molecule has 0 unspecified atom stereocenters. The van der Waals surface area contributed by atoms with Crippen molar-refractivity contribution in [2.75, 3.05) is 6.54 Å². The molecule has 7 heteroatoms. The van der Waals surface area contributed by atoms with Gasteiger partial charge < -0.3 is 5.73 Å². The number of nitrogens with one attached hydrogen (secondary N) is 1. The van der Waals surface area contributed by atoms with E-state index in [0.717, 1.165) is 0 Å². The number of carbonyl (C=O) groups excluding carboxylic acids is 4. The Labute approximate surface area is 85.6 Å². The summed E-state index contributed by atoms with van der Waals surface area (Å²) in [6, 6.07) is -0.820. The molecule has 1 aliphatic heterocycles. The van der Waals surface area contributed by atoms with Crippen molar-refractivity contribution in [1.82, 2.24) is 10.2 Å². The zero-order valence-corrected chi connectivity index (χ0v) is 8.36. The molecule has 15 heavy (non-hydrogen) atoms. The van der Waals surface area contributed by atoms with E-state index in [0.29, 0.717) is 4.90 Å². The van der Waals surface area contributed by atoms with Gasteiger partial charge in [-0.25, -0.2) is 4.79 Å². The molecule has 5 amide bonds. The smallest absolute Gasteiger partial charge is 0.331 e. The zero-order chi connectivity index (χ0) is 11.8. The van der Waals surface area contributed by atoms with Crippen LogP contribution in [-0.4, -0.2) is 35.2 Å². The maximum Gasteiger partial charge on any atom is 0.331 e. The molecule has 3 N–H and O–H groups in total. The molecule has 82 valence electrons. The number of carbonyl (C=O) groups is 4. The summed E-state index contributed by atoms with van der Waals surface area (Å²) >= 11 is 0. The molecule has 0 atom stereocenters. The molecular formula is C8H11N3O4. The number of hydrogen-bond donors (Lipinski definition) is 2. The molecule has 0 aromatic rings. The highest BCUT2D eigenvalue weighted by Gasteiger charge is 2.41. The lowest BCUT2D eigenvalue weighted by Crippen LogP contribution is -2.45. The molecule has 1 saturated heterocycles. The normalized spacial score (nSPS) is 16.9. The average Bonchev–Trinajstić information content (AvgIpc) is 2.32. The van der Waals surface area contributed by atoms with Crippen molar-refractivity contribution in [3.8, 4) is 0 Å². The highest BCUT2D eigenvalue weighted by Crippen LogP contribution is 2.17. The van der Waals surface area contributed by atoms with Gasteiger partial charge in [-0.3, -0.25) is 24.6 Å². The Morgan fingerprint density at radius 1 is 1.40 bits per heavy atom. The second-order valence-electron chi connectivity index (χ2n) is 3.90. The van der Waals surface area contributed by atoms with Crippen molar-refractivity contribution in [2.45, 2.75) is 13.8 Å². The second-order valence-corrected chi connectivity index (χ2v) is 3.90. The van der Waals surface area contributed by atoms with E-state index in [1.807, 2.05) is 5.32 Å². The Morgan fingerprint density at radius 3 is 2.27 bits per heavy atom. The number of hydrogen-bond acceptors (Lipinski definition) is 4. The summed E-state index contributed by atoms with van der Waals surface area (Å²) in [5, 5.41) is 1.82. The van der Waals surface area contributed by atoms with Crippen molar-refractivity contribution in [3.63, 3.8) is 0 Å². The van der Waals surface area contributed by atoms with E-state index in [1.165, 1.54) is 13.8 Å². The van der Waals surface area contributed by atoms with Gasteiger partial charge in [-0.1, -0.05) is 0 Å². The van der Waals surface area contributed by atoms with Crippen LogP contribution >= 0.6 is 0 Å². The number of nitrogens with two attached hydrogens (primary N) is 1. The Balaban J connectivity index is 2.83. The van der Waals surface area contributed by atoms with Gasteiger partial charge in [0.2, 0.25) is 5.91 Å². The Kier molecular flexibility index (Phi) is 2.48. The molecule has 0 aliphatic carbocycles. The number of rotatable bonds is 3. The van der Waals surface area contributed by atoms with Gasteiger partial charge in [0.05, 0.1) is 5.41 Å². The van der Waals surface area contributed by atoms with Crippen LogP contribution < -0.4 is 11.1 Å². The van der Waals surface area contributed by atoms with Crippen molar-refractivity contribution in [2.24, 2.45) is 11.1 Å². The fourth-order valence-electron chi connectivity index (χ4n) is 1.05. The summed E-state index contributed by atoms with van der Waals surface area (Å²) in [5.41, 5.74) is 4.02. The first kappa shape index (κ1) is 11.2. The second kappa shape index (κ2) is 3.34. The molecule has 0 aromatic carbocycles. The minimum atomic E-state index is -1.06. The molecular weight excluding hydrogens is 202 g/mol. The lowest BCUT2D eigenvalue weighted by atomic mass is 9.92. The highest BCUT2D eigenvalue weighted by molar-refractivity contribution is 6.44. The minimum absolute atomic E-state index is 0.210. The monoisotopic (exact) mass is 213 g/mol. The third-order valence-corrected chi connectivity index (χ3v) is 2.13. The molecule has 1 aliphatic rings. The van der Waals surface area contributed by atoms with Crippen LogP contribution in [0, 0.1) is 5.41 Å². The predicted molar refractivity (Wildman–Crippen MR) is 48.2 cm³/mol. The molecule has 1 rings (SSSR count). The van der Waals surface area contributed by atoms with Gasteiger partial charge in [-0.05, 0) is 13.8 Å². The molecule has 7 nitrogen and oxygen atoms in total. The predicted octanol–water partition coefficient (Wildman–Crippen LogP) is -1.42. The lowest BCUT2D eigenvalue weighted by Gasteiger charge is -2.24. The van der Waals surface area contributed by atoms with Crippen LogP contribution in [0.5, 0.6) is 0 Å². The third kappa shape index (κ3) is 1.95. The quantitative estimate of drug-likeness (QED) is 0.442. The summed E-state index contributed by atoms with van der Waals surface area (Å²) in [4.78, 5) is 44.7. The van der Waals surface area contributed by atoms with E-state index in [1.54, 1.807) is 0 Å². The van der Waals surface area contributed by atoms with Gasteiger partial charge in [-0.15, -0.1) is 0 Å². The molecule has 1 fully saturated rings. The minimum Gasteiger partial charge on any atom is -0.369 e. The Hall–Kier alpha value is -1.92. The number of imide groups is 2. The van der Waals surface area contributed by atoms with Crippen molar-refractivity contribution < 1.29 is 19.2 Å². The van der Waals surface area contributed by atoms with E-state index in [9.17, 15) is 19.2 Å². The van der Waals surface area contributed by atoms with Gasteiger partial charge in [0, 0.05) is 6.54 Å². The Morgan fingerprint density at radius 2 is 1.93 bits per heavy atom. The summed E-state index contributed by atoms with van der Waals surface area (Å²) in [7, 11) is 0. The van der Waals surface area contributed by atoms with E-state index in [-0.39, 0.29) is 6.54 Å². The van der Waals surface area contributed by atoms with Crippen LogP contribution in [0.25, 0.3) is 0 Å². The summed E-state index contributed by atoms with van der Waals surface area (Å²) in [6.07, 6.45) is 0. The topological polar surface area (TPSA) is 110 Å². The van der Waals surface area contributed by atoms with Crippen LogP contribution in [0.2, 0.25) is 0 Å². The first-order chi connectivity index (χ1) is 6.75. The van der Waals surface area contributed by atoms with E-state index >= 15 is 0 Å². The van der Waals surface area contributed by atoms with Crippen LogP contribution in [0.15, 0.2) is 0 Å². The molecule has 0 saturated carbocycles. The van der Waals surface area contributed by atoms with Crippen molar-refractivity contribution in [3.05, 3.63) is 0 Å². The zero-order valence-electron chi connectivity index (χ0n) is 8.36. The van der Waals surface area contributed by atoms with Crippen LogP contribution in [0.4, 0.5) is 4.79 Å². The molecule has 0 aromatic heterocycles. The standard InChI is InChI=1S/C8H11N3O4/c1-8(2,6(9)14)3-11-5(13)4(12)10-7(11)15/h3H2,1-2H3,(H2,9,14)(H,10,12,15). The maximum atomic E-state index is 11.2. The van der Waals surface area contributed by atoms with E-state index < -0.39 is 29.2 Å². The summed E-state index contributed by atoms with van der Waals surface area (Å²) in [5.74, 6) is -2.60. The van der Waals surface area contributed by atoms with Gasteiger partial charge >= 0.3 is 17.8 Å². The number of urea groups is 1. The number of amides is 5. The van der Waals surface area contributed by atoms with Crippen molar-refractivity contribution in [1.29, 1.82) is 0 Å². The van der Waals surface area contributed by atoms with E-state index in [2.05, 4.69) is 0 Å². The highest BCUT2D eigenvalue weighted by atomic mass is 16.2. The number of primary amides is 1.